The molecule has 0 saturated carbocycles. The first-order valence-corrected chi connectivity index (χ1v) is 17.0. The first kappa shape index (κ1) is 44.4. The van der Waals surface area contributed by atoms with Gasteiger partial charge >= 0.3 is 0 Å². The molecule has 14 nitrogen and oxygen atoms in total. The van der Waals surface area contributed by atoms with Crippen molar-refractivity contribution >= 4 is 40.5 Å². The third-order valence-corrected chi connectivity index (χ3v) is 7.59. The lowest BCUT2D eigenvalue weighted by Gasteiger charge is -2.35. The molecule has 0 aromatic carbocycles. The van der Waals surface area contributed by atoms with Gasteiger partial charge in [0, 0.05) is 37.1 Å². The minimum atomic E-state index is -1.17. The zero-order chi connectivity index (χ0) is 36.1. The van der Waals surface area contributed by atoms with Gasteiger partial charge in [-0.15, -0.1) is 6.58 Å². The van der Waals surface area contributed by atoms with E-state index in [9.17, 15) is 24.0 Å². The minimum Gasteiger partial charge on any atom is -0.380 e. The van der Waals surface area contributed by atoms with Gasteiger partial charge in [-0.25, -0.2) is 0 Å². The third kappa shape index (κ3) is 21.8. The van der Waals surface area contributed by atoms with Crippen molar-refractivity contribution in [3.8, 4) is 0 Å². The maximum Gasteiger partial charge on any atom is 0.236 e. The Morgan fingerprint density at radius 1 is 0.809 bits per heavy atom. The lowest BCUT2D eigenvalue weighted by molar-refractivity contribution is -0.133. The van der Waals surface area contributed by atoms with Crippen molar-refractivity contribution in [2.24, 2.45) is 33.9 Å². The van der Waals surface area contributed by atoms with Gasteiger partial charge < -0.3 is 46.8 Å². The Labute approximate surface area is 284 Å². The number of carbonyl (C=O) groups excluding carboxylic acids is 5. The van der Waals surface area contributed by atoms with Crippen LogP contribution in [0.3, 0.4) is 0 Å². The number of ether oxygens (including phenoxy) is 4. The minimum absolute atomic E-state index is 0.00967. The Bertz CT molecular complexity index is 1010. The van der Waals surface area contributed by atoms with Crippen molar-refractivity contribution in [3.63, 3.8) is 0 Å². The van der Waals surface area contributed by atoms with E-state index in [4.69, 9.17) is 36.1 Å². The molecular weight excluding hydrogens is 630 g/mol. The summed E-state index contributed by atoms with van der Waals surface area (Å²) in [6.45, 7) is 14.3. The molecule has 0 spiro atoms. The highest BCUT2D eigenvalue weighted by Gasteiger charge is 2.36. The molecule has 3 unspecified atom stereocenters. The van der Waals surface area contributed by atoms with E-state index in [1.165, 1.54) is 0 Å². The number of amides is 4. The van der Waals surface area contributed by atoms with E-state index in [1.807, 2.05) is 27.7 Å². The van der Waals surface area contributed by atoms with Crippen LogP contribution >= 0.6 is 11.8 Å². The summed E-state index contributed by atoms with van der Waals surface area (Å²) in [4.78, 5) is 60.6. The molecule has 0 aliphatic heterocycles. The van der Waals surface area contributed by atoms with E-state index in [2.05, 4.69) is 17.2 Å². The van der Waals surface area contributed by atoms with Gasteiger partial charge in [0.05, 0.1) is 58.9 Å². The average Bonchev–Trinajstić information content (AvgIpc) is 2.97. The average molecular weight is 690 g/mol. The van der Waals surface area contributed by atoms with Crippen LogP contribution in [0.1, 0.15) is 66.7 Å². The molecule has 0 saturated heterocycles. The number of rotatable bonds is 28. The molecule has 0 aliphatic carbocycles. The number of hydrogen-bond donors (Lipinski definition) is 5. The number of nitrogens with two attached hydrogens (primary N) is 3. The molecule has 0 aromatic heterocycles. The normalized spacial score (nSPS) is 14.4. The van der Waals surface area contributed by atoms with Gasteiger partial charge in [0.2, 0.25) is 23.6 Å². The summed E-state index contributed by atoms with van der Waals surface area (Å²) in [5.41, 5.74) is 14.7. The Morgan fingerprint density at radius 2 is 1.36 bits per heavy atom. The fraction of sp³-hybridized carbons (Fsp3) is 0.781. The predicted octanol–water partition coefficient (Wildman–Crippen LogP) is 1.04. The molecule has 0 aromatic rings. The van der Waals surface area contributed by atoms with Crippen molar-refractivity contribution in [1.29, 1.82) is 0 Å². The first-order valence-electron chi connectivity index (χ1n) is 15.8. The van der Waals surface area contributed by atoms with Crippen LogP contribution in [0.4, 0.5) is 0 Å². The lowest BCUT2D eigenvalue weighted by atomic mass is 9.89. The molecule has 8 N–H and O–H groups in total. The second-order valence-electron chi connectivity index (χ2n) is 13.5. The SMILES string of the molecule is C=CCCOCC(COCCC(N)=O)(COCCC(=O)SC)NC(=O)C(C)CC(N)C(=O)NCC(C)(C)COCC(C)(C)CC(N)=O. The van der Waals surface area contributed by atoms with Crippen molar-refractivity contribution in [2.75, 3.05) is 65.7 Å². The van der Waals surface area contributed by atoms with Gasteiger partial charge in [0.25, 0.3) is 0 Å². The fourth-order valence-corrected chi connectivity index (χ4v) is 4.53. The van der Waals surface area contributed by atoms with Gasteiger partial charge in [-0.1, -0.05) is 52.5 Å². The molecular formula is C32H59N5O9S. The number of carbonyl (C=O) groups is 5. The van der Waals surface area contributed by atoms with E-state index < -0.39 is 52.0 Å². The molecule has 0 fully saturated rings. The highest BCUT2D eigenvalue weighted by molar-refractivity contribution is 8.13. The van der Waals surface area contributed by atoms with Crippen molar-refractivity contribution < 1.29 is 42.9 Å². The number of nitrogens with one attached hydrogen (secondary N) is 2. The maximum atomic E-state index is 13.5. The second kappa shape index (κ2) is 22.9. The van der Waals surface area contributed by atoms with Crippen LogP contribution in [0.5, 0.6) is 0 Å². The van der Waals surface area contributed by atoms with Gasteiger partial charge in [-0.2, -0.15) is 0 Å². The molecule has 0 heterocycles. The predicted molar refractivity (Wildman–Crippen MR) is 182 cm³/mol. The van der Waals surface area contributed by atoms with Gasteiger partial charge in [0.15, 0.2) is 5.12 Å². The standard InChI is InChI=1S/C32H59N5O9S/c1-8-9-12-43-20-32(21-44-13-10-25(34)38,22-45-14-11-27(40)47-7)37-28(41)23(2)15-24(33)29(42)36-17-31(5,6)19-46-18-30(3,4)16-26(35)39/h8,23-24H,1,9-22,33H2,2-7H3,(H2,34,38)(H2,35,39)(H,36,42)(H,37,41). The molecule has 0 rings (SSSR count). The van der Waals surface area contributed by atoms with Crippen molar-refractivity contribution in [1.82, 2.24) is 10.6 Å². The van der Waals surface area contributed by atoms with Crippen LogP contribution in [-0.4, -0.2) is 106 Å². The molecule has 3 atom stereocenters. The molecule has 15 heteroatoms. The quantitative estimate of drug-likeness (QED) is 0.0576. The summed E-state index contributed by atoms with van der Waals surface area (Å²) in [5, 5.41) is 5.77. The van der Waals surface area contributed by atoms with Crippen LogP contribution in [0.2, 0.25) is 0 Å². The Morgan fingerprint density at radius 3 is 1.89 bits per heavy atom. The monoisotopic (exact) mass is 689 g/mol. The van der Waals surface area contributed by atoms with Crippen LogP contribution < -0.4 is 27.8 Å². The summed E-state index contributed by atoms with van der Waals surface area (Å²) >= 11 is 1.10. The topological polar surface area (TPSA) is 224 Å². The van der Waals surface area contributed by atoms with Gasteiger partial charge in [-0.3, -0.25) is 24.0 Å². The molecule has 0 bridgehead atoms. The van der Waals surface area contributed by atoms with Crippen LogP contribution in [0.25, 0.3) is 0 Å². The van der Waals surface area contributed by atoms with E-state index in [0.717, 1.165) is 11.8 Å². The second-order valence-corrected chi connectivity index (χ2v) is 14.3. The van der Waals surface area contributed by atoms with E-state index >= 15 is 0 Å². The summed E-state index contributed by atoms with van der Waals surface area (Å²) in [5.74, 6) is -2.44. The summed E-state index contributed by atoms with van der Waals surface area (Å²) in [7, 11) is 0. The Hall–Kier alpha value is -2.56. The van der Waals surface area contributed by atoms with Crippen LogP contribution in [0, 0.1) is 16.7 Å². The lowest BCUT2D eigenvalue weighted by Crippen LogP contribution is -2.60. The number of thioether (sulfide) groups is 1. The van der Waals surface area contributed by atoms with E-state index in [0.29, 0.717) is 26.2 Å². The van der Waals surface area contributed by atoms with Crippen molar-refractivity contribution in [2.45, 2.75) is 78.3 Å². The Balaban J connectivity index is 5.38. The number of primary amides is 2. The molecule has 0 aliphatic rings. The molecule has 272 valence electrons. The van der Waals surface area contributed by atoms with Gasteiger partial charge in [-0.05, 0) is 24.5 Å². The Kier molecular flexibility index (Phi) is 21.7. The molecule has 4 amide bonds. The zero-order valence-electron chi connectivity index (χ0n) is 29.2. The van der Waals surface area contributed by atoms with E-state index in [1.54, 1.807) is 19.3 Å². The van der Waals surface area contributed by atoms with Crippen molar-refractivity contribution in [3.05, 3.63) is 12.7 Å². The highest BCUT2D eigenvalue weighted by atomic mass is 32.2. The van der Waals surface area contributed by atoms with E-state index in [-0.39, 0.29) is 70.4 Å². The smallest absolute Gasteiger partial charge is 0.236 e. The maximum absolute atomic E-state index is 13.5. The molecule has 0 radical (unpaired) electrons. The fourth-order valence-electron chi connectivity index (χ4n) is 4.25. The number of hydrogen-bond acceptors (Lipinski definition) is 11. The van der Waals surface area contributed by atoms with Crippen LogP contribution in [0.15, 0.2) is 12.7 Å². The summed E-state index contributed by atoms with van der Waals surface area (Å²) < 4.78 is 23.1. The largest absolute Gasteiger partial charge is 0.380 e. The highest BCUT2D eigenvalue weighted by Crippen LogP contribution is 2.22. The zero-order valence-corrected chi connectivity index (χ0v) is 30.0. The first-order chi connectivity index (χ1) is 21.9. The van der Waals surface area contributed by atoms with Crippen LogP contribution in [-0.2, 0) is 42.9 Å². The summed E-state index contributed by atoms with van der Waals surface area (Å²) in [6.07, 6.45) is 4.38. The third-order valence-electron chi connectivity index (χ3n) is 6.93. The van der Waals surface area contributed by atoms with Gasteiger partial charge in [0.1, 0.15) is 5.54 Å². The molecule has 47 heavy (non-hydrogen) atoms. The summed E-state index contributed by atoms with van der Waals surface area (Å²) in [6, 6.07) is -0.971.